The van der Waals surface area contributed by atoms with Crippen molar-refractivity contribution in [2.75, 3.05) is 0 Å². The molecule has 0 N–H and O–H groups in total. The minimum absolute atomic E-state index is 0.139. The molecule has 2 fully saturated rings. The third-order valence-electron chi connectivity index (χ3n) is 9.08. The van der Waals surface area contributed by atoms with Gasteiger partial charge in [0.15, 0.2) is 9.84 Å². The maximum absolute atomic E-state index is 14.8. The van der Waals surface area contributed by atoms with Crippen molar-refractivity contribution < 1.29 is 17.2 Å². The molecule has 0 unspecified atom stereocenters. The Kier molecular flexibility index (Phi) is 5.18. The van der Waals surface area contributed by atoms with E-state index in [-0.39, 0.29) is 34.0 Å². The van der Waals surface area contributed by atoms with Crippen LogP contribution in [0.15, 0.2) is 47.3 Å². The maximum Gasteiger partial charge on any atom is 0.246 e. The van der Waals surface area contributed by atoms with E-state index in [1.165, 1.54) is 12.3 Å². The summed E-state index contributed by atoms with van der Waals surface area (Å²) in [5, 5.41) is 8.97. The van der Waals surface area contributed by atoms with Crippen molar-refractivity contribution in [2.24, 2.45) is 5.41 Å². The van der Waals surface area contributed by atoms with Gasteiger partial charge >= 0.3 is 0 Å². The van der Waals surface area contributed by atoms with Gasteiger partial charge in [0.2, 0.25) is 5.89 Å². The van der Waals surface area contributed by atoms with Gasteiger partial charge < -0.3 is 4.42 Å². The van der Waals surface area contributed by atoms with E-state index >= 15 is 0 Å². The van der Waals surface area contributed by atoms with Crippen molar-refractivity contribution in [2.45, 2.75) is 68.8 Å². The lowest BCUT2D eigenvalue weighted by Crippen LogP contribution is -2.38. The molecule has 2 saturated carbocycles. The fourth-order valence-corrected chi connectivity index (χ4v) is 8.52. The second-order valence-corrected chi connectivity index (χ2v) is 13.9. The molecule has 3 heterocycles. The summed E-state index contributed by atoms with van der Waals surface area (Å²) < 4.78 is 45.3. The molecule has 2 bridgehead atoms. The molecule has 3 aliphatic rings. The molecule has 0 spiro atoms. The largest absolute Gasteiger partial charge is 0.443 e. The van der Waals surface area contributed by atoms with E-state index in [1.54, 1.807) is 18.5 Å². The summed E-state index contributed by atoms with van der Waals surface area (Å²) in [5.74, 6) is -0.000992. The Labute approximate surface area is 226 Å². The molecule has 200 valence electrons. The summed E-state index contributed by atoms with van der Waals surface area (Å²) in [6, 6.07) is 7.02. The highest BCUT2D eigenvalue weighted by Crippen LogP contribution is 2.69. The lowest BCUT2D eigenvalue weighted by Gasteiger charge is -2.37. The zero-order valence-electron chi connectivity index (χ0n) is 22.0. The summed E-state index contributed by atoms with van der Waals surface area (Å²) >= 11 is 0. The van der Waals surface area contributed by atoms with Gasteiger partial charge in [0.25, 0.3) is 0 Å². The lowest BCUT2D eigenvalue weighted by molar-refractivity contribution is 0.242. The summed E-state index contributed by atoms with van der Waals surface area (Å²) in [4.78, 5) is 13.9. The number of aryl methyl sites for hydroxylation is 1. The standard InChI is InChI=1S/C29H28FN5O3S/c1-16-5-4-6-21(30)25(16)22-11-19-20-9-10-29(28(20,2)3,26(19)35-34-22)24-13-31-12-23(33-24)27-32-17(14-38-27)15-39(36,37)18-7-8-18/h4-6,11-14,18,20H,7-10,15H2,1-3H3/t20-,29-/m0/s1. The molecule has 3 aliphatic carbocycles. The van der Waals surface area contributed by atoms with Gasteiger partial charge in [0, 0.05) is 11.8 Å². The van der Waals surface area contributed by atoms with Crippen molar-refractivity contribution in [3.63, 3.8) is 0 Å². The molecule has 2 atom stereocenters. The Hall–Kier alpha value is -3.53. The van der Waals surface area contributed by atoms with Crippen LogP contribution < -0.4 is 0 Å². The number of nitrogens with zero attached hydrogens (tertiary/aromatic N) is 5. The number of aromatic nitrogens is 5. The summed E-state index contributed by atoms with van der Waals surface area (Å²) in [7, 11) is -3.21. The van der Waals surface area contributed by atoms with Crippen LogP contribution in [0.3, 0.4) is 0 Å². The molecule has 0 radical (unpaired) electrons. The molecular formula is C29H28FN5O3S. The number of rotatable bonds is 6. The molecule has 1 aromatic carbocycles. The van der Waals surface area contributed by atoms with Crippen LogP contribution in [0.25, 0.3) is 22.8 Å². The molecule has 0 aliphatic heterocycles. The zero-order valence-corrected chi connectivity index (χ0v) is 22.8. The van der Waals surface area contributed by atoms with Crippen LogP contribution in [-0.4, -0.2) is 38.8 Å². The minimum Gasteiger partial charge on any atom is -0.443 e. The summed E-state index contributed by atoms with van der Waals surface area (Å²) in [6.07, 6.45) is 7.93. The Morgan fingerprint density at radius 3 is 2.67 bits per heavy atom. The van der Waals surface area contributed by atoms with E-state index < -0.39 is 15.3 Å². The molecule has 4 aromatic rings. The number of sulfone groups is 1. The van der Waals surface area contributed by atoms with E-state index in [2.05, 4.69) is 28.9 Å². The molecule has 8 nitrogen and oxygen atoms in total. The van der Waals surface area contributed by atoms with Gasteiger partial charge in [-0.05, 0) is 67.2 Å². The first-order valence-corrected chi connectivity index (χ1v) is 15.0. The van der Waals surface area contributed by atoms with E-state index in [0.717, 1.165) is 35.4 Å². The van der Waals surface area contributed by atoms with Gasteiger partial charge in [-0.2, -0.15) is 10.2 Å². The quantitative estimate of drug-likeness (QED) is 0.320. The van der Waals surface area contributed by atoms with Crippen LogP contribution in [0.4, 0.5) is 4.39 Å². The van der Waals surface area contributed by atoms with Crippen LogP contribution in [0.2, 0.25) is 0 Å². The van der Waals surface area contributed by atoms with Crippen LogP contribution >= 0.6 is 0 Å². The maximum atomic E-state index is 14.8. The normalized spacial score (nSPS) is 23.2. The van der Waals surface area contributed by atoms with E-state index in [0.29, 0.717) is 35.5 Å². The monoisotopic (exact) mass is 545 g/mol. The number of halogens is 1. The number of oxazole rings is 1. The SMILES string of the molecule is Cc1cccc(F)c1-c1cc2c(nn1)[C@@]1(c3cncc(-c4nc(CS(=O)(=O)C5CC5)co4)n3)CC[C@@H]2C1(C)C. The van der Waals surface area contributed by atoms with Crippen LogP contribution in [0.5, 0.6) is 0 Å². The molecule has 0 amide bonds. The number of hydrogen-bond acceptors (Lipinski definition) is 8. The molecule has 3 aromatic heterocycles. The van der Waals surface area contributed by atoms with Crippen molar-refractivity contribution in [1.82, 2.24) is 25.1 Å². The predicted molar refractivity (Wildman–Crippen MR) is 142 cm³/mol. The second kappa shape index (κ2) is 8.24. The van der Waals surface area contributed by atoms with Gasteiger partial charge in [-0.15, -0.1) is 0 Å². The van der Waals surface area contributed by atoms with Crippen molar-refractivity contribution >= 4 is 9.84 Å². The van der Waals surface area contributed by atoms with Gasteiger partial charge in [0.1, 0.15) is 17.8 Å². The second-order valence-electron chi connectivity index (χ2n) is 11.6. The Bertz CT molecular complexity index is 1730. The van der Waals surface area contributed by atoms with Crippen LogP contribution in [-0.2, 0) is 21.0 Å². The van der Waals surface area contributed by atoms with Gasteiger partial charge in [-0.3, -0.25) is 4.98 Å². The van der Waals surface area contributed by atoms with Crippen molar-refractivity contribution in [1.29, 1.82) is 0 Å². The molecule has 39 heavy (non-hydrogen) atoms. The Balaban J connectivity index is 1.29. The summed E-state index contributed by atoms with van der Waals surface area (Å²) in [5.41, 5.74) is 4.57. The lowest BCUT2D eigenvalue weighted by atomic mass is 9.66. The van der Waals surface area contributed by atoms with Crippen LogP contribution in [0, 0.1) is 18.2 Å². The number of fused-ring (bicyclic) bond motifs is 5. The Morgan fingerprint density at radius 1 is 1.08 bits per heavy atom. The zero-order chi connectivity index (χ0) is 27.2. The highest BCUT2D eigenvalue weighted by Gasteiger charge is 2.65. The highest BCUT2D eigenvalue weighted by atomic mass is 32.2. The highest BCUT2D eigenvalue weighted by molar-refractivity contribution is 7.91. The topological polar surface area (TPSA) is 112 Å². The predicted octanol–water partition coefficient (Wildman–Crippen LogP) is 5.32. The number of hydrogen-bond donors (Lipinski definition) is 0. The fourth-order valence-electron chi connectivity index (χ4n) is 6.89. The van der Waals surface area contributed by atoms with E-state index in [1.807, 2.05) is 19.1 Å². The minimum atomic E-state index is -3.21. The van der Waals surface area contributed by atoms with Gasteiger partial charge in [-0.1, -0.05) is 26.0 Å². The average Bonchev–Trinajstić information content (AvgIpc) is 3.58. The van der Waals surface area contributed by atoms with Gasteiger partial charge in [0.05, 0.1) is 45.4 Å². The van der Waals surface area contributed by atoms with Crippen molar-refractivity contribution in [3.05, 3.63) is 76.9 Å². The molecule has 10 heteroatoms. The molecule has 7 rings (SSSR count). The summed E-state index contributed by atoms with van der Waals surface area (Å²) in [6.45, 7) is 6.32. The fraction of sp³-hybridized carbons (Fsp3) is 0.414. The molecule has 0 saturated heterocycles. The van der Waals surface area contributed by atoms with Crippen molar-refractivity contribution in [3.8, 4) is 22.8 Å². The average molecular weight is 546 g/mol. The van der Waals surface area contributed by atoms with Gasteiger partial charge in [-0.25, -0.2) is 22.8 Å². The van der Waals surface area contributed by atoms with E-state index in [9.17, 15) is 12.8 Å². The first-order chi connectivity index (χ1) is 18.6. The molecular weight excluding hydrogens is 517 g/mol. The first-order valence-electron chi connectivity index (χ1n) is 13.2. The number of benzene rings is 1. The first kappa shape index (κ1) is 24.5. The van der Waals surface area contributed by atoms with Crippen LogP contribution in [0.1, 0.15) is 73.7 Å². The van der Waals surface area contributed by atoms with E-state index in [4.69, 9.17) is 14.5 Å². The smallest absolute Gasteiger partial charge is 0.246 e. The third-order valence-corrected chi connectivity index (χ3v) is 11.3. The Morgan fingerprint density at radius 2 is 1.90 bits per heavy atom. The third kappa shape index (κ3) is 3.53.